The van der Waals surface area contributed by atoms with Gasteiger partial charge in [0.15, 0.2) is 0 Å². The van der Waals surface area contributed by atoms with E-state index >= 15 is 0 Å². The van der Waals surface area contributed by atoms with Gasteiger partial charge in [-0.2, -0.15) is 0 Å². The molecule has 19 heavy (non-hydrogen) atoms. The fraction of sp³-hybridized carbons (Fsp3) is 0.429. The molecule has 0 aromatic heterocycles. The first-order valence-electron chi connectivity index (χ1n) is 6.20. The molecule has 0 saturated carbocycles. The predicted octanol–water partition coefficient (Wildman–Crippen LogP) is 2.96. The Kier molecular flexibility index (Phi) is 3.43. The number of hydrogen-bond acceptors (Lipinski definition) is 3. The van der Waals surface area contributed by atoms with Crippen LogP contribution in [-0.2, 0) is 9.59 Å². The third-order valence-corrected chi connectivity index (χ3v) is 4.46. The van der Waals surface area contributed by atoms with Crippen LogP contribution in [0.15, 0.2) is 22.7 Å². The Labute approximate surface area is 121 Å². The van der Waals surface area contributed by atoms with Crippen molar-refractivity contribution in [3.8, 4) is 0 Å². The Hall–Kier alpha value is -1.36. The van der Waals surface area contributed by atoms with Gasteiger partial charge in [0.05, 0.1) is 16.8 Å². The van der Waals surface area contributed by atoms with Gasteiger partial charge in [0.25, 0.3) is 0 Å². The summed E-state index contributed by atoms with van der Waals surface area (Å²) < 4.78 is 0.819. The summed E-state index contributed by atoms with van der Waals surface area (Å²) >= 11 is 3.31. The Bertz CT molecular complexity index is 556. The number of nitrogens with zero attached hydrogens (tertiary/aromatic N) is 1. The van der Waals surface area contributed by atoms with E-state index in [1.165, 1.54) is 4.90 Å². The molecule has 1 aromatic rings. The van der Waals surface area contributed by atoms with Crippen LogP contribution in [-0.4, -0.2) is 11.8 Å². The van der Waals surface area contributed by atoms with Crippen molar-refractivity contribution in [3.63, 3.8) is 0 Å². The highest BCUT2D eigenvalue weighted by molar-refractivity contribution is 9.10. The summed E-state index contributed by atoms with van der Waals surface area (Å²) in [5.74, 6) is -0.248. The smallest absolute Gasteiger partial charge is 0.240 e. The number of carbonyl (C=O) groups excluding carboxylic acids is 2. The molecule has 1 fully saturated rings. The number of imide groups is 1. The zero-order valence-electron chi connectivity index (χ0n) is 11.2. The molecule has 2 amide bonds. The van der Waals surface area contributed by atoms with Crippen molar-refractivity contribution < 1.29 is 9.59 Å². The minimum Gasteiger partial charge on any atom is -0.397 e. The lowest BCUT2D eigenvalue weighted by atomic mass is 9.78. The lowest BCUT2D eigenvalue weighted by Gasteiger charge is -2.26. The normalized spacial score (nSPS) is 23.5. The molecule has 0 bridgehead atoms. The van der Waals surface area contributed by atoms with E-state index in [4.69, 9.17) is 5.73 Å². The van der Waals surface area contributed by atoms with Gasteiger partial charge >= 0.3 is 0 Å². The van der Waals surface area contributed by atoms with Crippen molar-refractivity contribution in [1.82, 2.24) is 0 Å². The number of nitrogens with two attached hydrogens (primary N) is 1. The molecule has 1 aliphatic heterocycles. The van der Waals surface area contributed by atoms with E-state index in [1.54, 1.807) is 18.2 Å². The second-order valence-corrected chi connectivity index (χ2v) is 6.40. The molecule has 102 valence electrons. The van der Waals surface area contributed by atoms with Gasteiger partial charge in [-0.05, 0) is 31.0 Å². The van der Waals surface area contributed by atoms with Crippen molar-refractivity contribution in [1.29, 1.82) is 0 Å². The van der Waals surface area contributed by atoms with Gasteiger partial charge in [0.1, 0.15) is 0 Å². The largest absolute Gasteiger partial charge is 0.397 e. The molecular weight excluding hydrogens is 308 g/mol. The van der Waals surface area contributed by atoms with E-state index in [0.717, 1.165) is 4.47 Å². The molecule has 1 saturated heterocycles. The maximum absolute atomic E-state index is 12.6. The number of amides is 2. The Balaban J connectivity index is 2.46. The van der Waals surface area contributed by atoms with E-state index in [1.807, 2.05) is 20.8 Å². The number of carbonyl (C=O) groups is 2. The van der Waals surface area contributed by atoms with Crippen LogP contribution in [0.1, 0.15) is 27.2 Å². The summed E-state index contributed by atoms with van der Waals surface area (Å²) in [6, 6.07) is 5.17. The second kappa shape index (κ2) is 4.63. The predicted molar refractivity (Wildman–Crippen MR) is 78.6 cm³/mol. The van der Waals surface area contributed by atoms with Crippen LogP contribution >= 0.6 is 15.9 Å². The minimum atomic E-state index is -0.642. The van der Waals surface area contributed by atoms with Crippen LogP contribution in [0.2, 0.25) is 0 Å². The molecule has 2 N–H and O–H groups in total. The number of rotatable bonds is 2. The van der Waals surface area contributed by atoms with Gasteiger partial charge < -0.3 is 5.73 Å². The first-order chi connectivity index (χ1) is 8.77. The van der Waals surface area contributed by atoms with Crippen LogP contribution in [0.25, 0.3) is 0 Å². The van der Waals surface area contributed by atoms with E-state index in [0.29, 0.717) is 11.4 Å². The van der Waals surface area contributed by atoms with E-state index in [9.17, 15) is 9.59 Å². The van der Waals surface area contributed by atoms with Crippen molar-refractivity contribution in [3.05, 3.63) is 22.7 Å². The van der Waals surface area contributed by atoms with Crippen LogP contribution in [0.4, 0.5) is 11.4 Å². The first kappa shape index (κ1) is 14.1. The van der Waals surface area contributed by atoms with Crippen LogP contribution < -0.4 is 10.6 Å². The lowest BCUT2D eigenvalue weighted by molar-refractivity contribution is -0.126. The second-order valence-electron chi connectivity index (χ2n) is 5.49. The highest BCUT2D eigenvalue weighted by atomic mass is 79.9. The molecule has 0 radical (unpaired) electrons. The van der Waals surface area contributed by atoms with E-state index in [-0.39, 0.29) is 24.2 Å². The summed E-state index contributed by atoms with van der Waals surface area (Å²) in [5, 5.41) is 0. The van der Waals surface area contributed by atoms with Crippen LogP contribution in [0, 0.1) is 11.3 Å². The summed E-state index contributed by atoms with van der Waals surface area (Å²) in [6.45, 7) is 5.76. The summed E-state index contributed by atoms with van der Waals surface area (Å²) in [5.41, 5.74) is 6.17. The van der Waals surface area contributed by atoms with Crippen LogP contribution in [0.5, 0.6) is 0 Å². The molecule has 1 aromatic carbocycles. The molecule has 0 spiro atoms. The lowest BCUT2D eigenvalue weighted by Crippen LogP contribution is -2.37. The minimum absolute atomic E-state index is 0.102. The maximum Gasteiger partial charge on any atom is 0.240 e. The molecule has 5 heteroatoms. The topological polar surface area (TPSA) is 63.4 Å². The number of halogens is 1. The van der Waals surface area contributed by atoms with Gasteiger partial charge in [-0.25, -0.2) is 4.90 Å². The number of anilines is 2. The fourth-order valence-electron chi connectivity index (χ4n) is 2.26. The van der Waals surface area contributed by atoms with Gasteiger partial charge in [-0.1, -0.05) is 29.8 Å². The monoisotopic (exact) mass is 324 g/mol. The summed E-state index contributed by atoms with van der Waals surface area (Å²) in [6.07, 6.45) is 0.235. The van der Waals surface area contributed by atoms with Gasteiger partial charge in [0, 0.05) is 10.9 Å². The third kappa shape index (κ3) is 2.16. The molecule has 0 aliphatic carbocycles. The standard InChI is InChI=1S/C14H17BrN2O2/c1-8(2)14(3)7-12(18)17(13(14)19)11-5-4-9(15)6-10(11)16/h4-6,8H,7,16H2,1-3H3. The number of hydrogen-bond donors (Lipinski definition) is 1. The molecule has 1 unspecified atom stereocenters. The van der Waals surface area contributed by atoms with Crippen molar-refractivity contribution in [2.75, 3.05) is 10.6 Å². The van der Waals surface area contributed by atoms with Crippen LogP contribution in [0.3, 0.4) is 0 Å². The summed E-state index contributed by atoms with van der Waals surface area (Å²) in [4.78, 5) is 26.0. The number of benzene rings is 1. The van der Waals surface area contributed by atoms with Gasteiger partial charge in [0.2, 0.25) is 11.8 Å². The van der Waals surface area contributed by atoms with Crippen molar-refractivity contribution in [2.24, 2.45) is 11.3 Å². The van der Waals surface area contributed by atoms with Crippen molar-refractivity contribution in [2.45, 2.75) is 27.2 Å². The average molecular weight is 325 g/mol. The SMILES string of the molecule is CC(C)C1(C)CC(=O)N(c2ccc(Br)cc2N)C1=O. The molecular formula is C14H17BrN2O2. The zero-order valence-corrected chi connectivity index (χ0v) is 12.8. The first-order valence-corrected chi connectivity index (χ1v) is 6.99. The van der Waals surface area contributed by atoms with E-state index in [2.05, 4.69) is 15.9 Å². The molecule has 1 atom stereocenters. The molecule has 1 heterocycles. The Morgan fingerprint density at radius 2 is 2.00 bits per heavy atom. The maximum atomic E-state index is 12.6. The quantitative estimate of drug-likeness (QED) is 0.672. The molecule has 1 aliphatic rings. The highest BCUT2D eigenvalue weighted by Gasteiger charge is 2.50. The third-order valence-electron chi connectivity index (χ3n) is 3.96. The molecule has 4 nitrogen and oxygen atoms in total. The zero-order chi connectivity index (χ0) is 14.4. The molecule has 2 rings (SSSR count). The van der Waals surface area contributed by atoms with Gasteiger partial charge in [-0.15, -0.1) is 0 Å². The average Bonchev–Trinajstić information content (AvgIpc) is 2.53. The van der Waals surface area contributed by atoms with E-state index < -0.39 is 5.41 Å². The number of nitrogen functional groups attached to an aromatic ring is 1. The Morgan fingerprint density at radius 3 is 2.47 bits per heavy atom. The fourth-order valence-corrected chi connectivity index (χ4v) is 2.64. The van der Waals surface area contributed by atoms with Gasteiger partial charge in [-0.3, -0.25) is 9.59 Å². The van der Waals surface area contributed by atoms with Crippen molar-refractivity contribution >= 4 is 39.1 Å². The Morgan fingerprint density at radius 1 is 1.37 bits per heavy atom. The highest BCUT2D eigenvalue weighted by Crippen LogP contribution is 2.42. The summed E-state index contributed by atoms with van der Waals surface area (Å²) in [7, 11) is 0.